The normalized spacial score (nSPS) is 10.1. The molecule has 2 aromatic rings. The van der Waals surface area contributed by atoms with Gasteiger partial charge in [0, 0.05) is 12.6 Å². The third-order valence-electron chi connectivity index (χ3n) is 3.11. The molecule has 5 heteroatoms. The summed E-state index contributed by atoms with van der Waals surface area (Å²) in [7, 11) is 3.23. The highest BCUT2D eigenvalue weighted by molar-refractivity contribution is 5.42. The van der Waals surface area contributed by atoms with E-state index in [1.54, 1.807) is 14.2 Å². The molecule has 0 aliphatic rings. The van der Waals surface area contributed by atoms with Gasteiger partial charge < -0.3 is 24.7 Å². The van der Waals surface area contributed by atoms with E-state index in [1.807, 2.05) is 42.5 Å². The van der Waals surface area contributed by atoms with Gasteiger partial charge in [0.05, 0.1) is 14.2 Å². The first-order valence-electron chi connectivity index (χ1n) is 7.03. The van der Waals surface area contributed by atoms with Crippen LogP contribution in [0.4, 0.5) is 0 Å². The van der Waals surface area contributed by atoms with Gasteiger partial charge in [-0.3, -0.25) is 0 Å². The molecule has 0 saturated heterocycles. The van der Waals surface area contributed by atoms with E-state index in [4.69, 9.17) is 24.7 Å². The zero-order chi connectivity index (χ0) is 15.8. The second-order valence-electron chi connectivity index (χ2n) is 4.57. The van der Waals surface area contributed by atoms with Crippen molar-refractivity contribution in [2.75, 3.05) is 27.4 Å². The van der Waals surface area contributed by atoms with Gasteiger partial charge in [0.2, 0.25) is 0 Å². The molecule has 0 heterocycles. The molecule has 0 bridgehead atoms. The minimum Gasteiger partial charge on any atom is -0.497 e. The van der Waals surface area contributed by atoms with Gasteiger partial charge >= 0.3 is 0 Å². The Morgan fingerprint density at radius 1 is 0.818 bits per heavy atom. The summed E-state index contributed by atoms with van der Waals surface area (Å²) >= 11 is 0. The molecule has 0 amide bonds. The average molecular weight is 303 g/mol. The summed E-state index contributed by atoms with van der Waals surface area (Å²) in [5.41, 5.74) is 6.63. The molecular formula is C17H21NO4. The van der Waals surface area contributed by atoms with E-state index in [2.05, 4.69) is 0 Å². The van der Waals surface area contributed by atoms with E-state index in [0.29, 0.717) is 31.3 Å². The third-order valence-corrected chi connectivity index (χ3v) is 3.11. The lowest BCUT2D eigenvalue weighted by molar-refractivity contribution is 0.210. The van der Waals surface area contributed by atoms with E-state index in [9.17, 15) is 0 Å². The molecule has 0 aliphatic heterocycles. The summed E-state index contributed by atoms with van der Waals surface area (Å²) in [4.78, 5) is 0. The van der Waals surface area contributed by atoms with E-state index in [1.165, 1.54) is 0 Å². The molecule has 2 N–H and O–H groups in total. The highest BCUT2D eigenvalue weighted by atomic mass is 16.5. The molecule has 0 radical (unpaired) electrons. The van der Waals surface area contributed by atoms with Crippen LogP contribution in [0.5, 0.6) is 23.0 Å². The molecule has 5 nitrogen and oxygen atoms in total. The Balaban J connectivity index is 1.88. The fraction of sp³-hybridized carbons (Fsp3) is 0.294. The molecule has 2 aromatic carbocycles. The Bertz CT molecular complexity index is 601. The third kappa shape index (κ3) is 4.30. The first kappa shape index (κ1) is 16.0. The molecular weight excluding hydrogens is 282 g/mol. The minimum absolute atomic E-state index is 0.404. The molecule has 0 fully saturated rings. The van der Waals surface area contributed by atoms with Gasteiger partial charge in [0.1, 0.15) is 24.7 Å². The van der Waals surface area contributed by atoms with Gasteiger partial charge in [-0.05, 0) is 29.8 Å². The number of rotatable bonds is 8. The van der Waals surface area contributed by atoms with Crippen LogP contribution in [0.2, 0.25) is 0 Å². The van der Waals surface area contributed by atoms with Crippen LogP contribution in [-0.4, -0.2) is 27.4 Å². The quantitative estimate of drug-likeness (QED) is 0.760. The van der Waals surface area contributed by atoms with E-state index >= 15 is 0 Å². The average Bonchev–Trinajstić information content (AvgIpc) is 2.58. The van der Waals surface area contributed by atoms with Crippen molar-refractivity contribution in [1.82, 2.24) is 0 Å². The molecule has 0 saturated carbocycles. The molecule has 0 aromatic heterocycles. The molecule has 118 valence electrons. The first-order valence-corrected chi connectivity index (χ1v) is 7.03. The standard InChI is InChI=1S/C17H21NO4/c1-19-14-4-3-5-15(11-14)21-8-9-22-17-10-13(12-18)6-7-16(17)20-2/h3-7,10-11H,8-9,12,18H2,1-2H3. The maximum absolute atomic E-state index is 5.71. The van der Waals surface area contributed by atoms with Crippen molar-refractivity contribution < 1.29 is 18.9 Å². The zero-order valence-corrected chi connectivity index (χ0v) is 12.9. The minimum atomic E-state index is 0.404. The van der Waals surface area contributed by atoms with Crippen LogP contribution in [0.25, 0.3) is 0 Å². The predicted octanol–water partition coefficient (Wildman–Crippen LogP) is 2.62. The molecule has 0 atom stereocenters. The van der Waals surface area contributed by atoms with Gasteiger partial charge in [-0.25, -0.2) is 0 Å². The van der Waals surface area contributed by atoms with Crippen LogP contribution in [0.3, 0.4) is 0 Å². The number of methoxy groups -OCH3 is 2. The van der Waals surface area contributed by atoms with Crippen LogP contribution < -0.4 is 24.7 Å². The maximum atomic E-state index is 5.71. The van der Waals surface area contributed by atoms with Crippen molar-refractivity contribution in [1.29, 1.82) is 0 Å². The Kier molecular flexibility index (Phi) is 5.91. The summed E-state index contributed by atoms with van der Waals surface area (Å²) in [5, 5.41) is 0. The van der Waals surface area contributed by atoms with Gasteiger partial charge in [0.25, 0.3) is 0 Å². The summed E-state index contributed by atoms with van der Waals surface area (Å²) in [6, 6.07) is 13.1. The number of hydrogen-bond acceptors (Lipinski definition) is 5. The fourth-order valence-electron chi connectivity index (χ4n) is 1.96. The molecule has 2 rings (SSSR count). The Morgan fingerprint density at radius 3 is 2.32 bits per heavy atom. The predicted molar refractivity (Wildman–Crippen MR) is 84.9 cm³/mol. The maximum Gasteiger partial charge on any atom is 0.161 e. The topological polar surface area (TPSA) is 62.9 Å². The largest absolute Gasteiger partial charge is 0.497 e. The fourth-order valence-corrected chi connectivity index (χ4v) is 1.96. The van der Waals surface area contributed by atoms with E-state index < -0.39 is 0 Å². The van der Waals surface area contributed by atoms with Gasteiger partial charge in [-0.2, -0.15) is 0 Å². The number of hydrogen-bond donors (Lipinski definition) is 1. The van der Waals surface area contributed by atoms with Crippen molar-refractivity contribution >= 4 is 0 Å². The molecule has 0 aliphatic carbocycles. The SMILES string of the molecule is COc1cccc(OCCOc2cc(CN)ccc2OC)c1. The van der Waals surface area contributed by atoms with E-state index in [-0.39, 0.29) is 0 Å². The first-order chi connectivity index (χ1) is 10.8. The highest BCUT2D eigenvalue weighted by Crippen LogP contribution is 2.28. The number of nitrogens with two attached hydrogens (primary N) is 1. The summed E-state index contributed by atoms with van der Waals surface area (Å²) < 4.78 is 21.8. The molecule has 0 spiro atoms. The van der Waals surface area contributed by atoms with Crippen molar-refractivity contribution in [3.63, 3.8) is 0 Å². The molecule has 22 heavy (non-hydrogen) atoms. The van der Waals surface area contributed by atoms with Crippen molar-refractivity contribution in [2.24, 2.45) is 5.73 Å². The highest BCUT2D eigenvalue weighted by Gasteiger charge is 2.05. The zero-order valence-electron chi connectivity index (χ0n) is 12.9. The van der Waals surface area contributed by atoms with Crippen molar-refractivity contribution in [3.05, 3.63) is 48.0 Å². The van der Waals surface area contributed by atoms with Crippen molar-refractivity contribution in [3.8, 4) is 23.0 Å². The van der Waals surface area contributed by atoms with Crippen LogP contribution in [0, 0.1) is 0 Å². The van der Waals surface area contributed by atoms with E-state index in [0.717, 1.165) is 17.1 Å². The smallest absolute Gasteiger partial charge is 0.161 e. The molecule has 0 unspecified atom stereocenters. The van der Waals surface area contributed by atoms with Crippen LogP contribution in [0.15, 0.2) is 42.5 Å². The number of ether oxygens (including phenoxy) is 4. The second kappa shape index (κ2) is 8.14. The van der Waals surface area contributed by atoms with Crippen LogP contribution in [-0.2, 0) is 6.54 Å². The summed E-state index contributed by atoms with van der Waals surface area (Å²) in [6.45, 7) is 1.28. The van der Waals surface area contributed by atoms with Crippen LogP contribution in [0.1, 0.15) is 5.56 Å². The lowest BCUT2D eigenvalue weighted by Gasteiger charge is -2.13. The summed E-state index contributed by atoms with van der Waals surface area (Å²) in [5.74, 6) is 2.85. The Hall–Kier alpha value is -2.40. The van der Waals surface area contributed by atoms with Gasteiger partial charge in [0.15, 0.2) is 11.5 Å². The van der Waals surface area contributed by atoms with Gasteiger partial charge in [-0.1, -0.05) is 12.1 Å². The van der Waals surface area contributed by atoms with Crippen molar-refractivity contribution in [2.45, 2.75) is 6.54 Å². The monoisotopic (exact) mass is 303 g/mol. The lowest BCUT2D eigenvalue weighted by Crippen LogP contribution is -2.10. The van der Waals surface area contributed by atoms with Crippen LogP contribution >= 0.6 is 0 Å². The lowest BCUT2D eigenvalue weighted by atomic mass is 10.2. The second-order valence-corrected chi connectivity index (χ2v) is 4.57. The van der Waals surface area contributed by atoms with Gasteiger partial charge in [-0.15, -0.1) is 0 Å². The summed E-state index contributed by atoms with van der Waals surface area (Å²) in [6.07, 6.45) is 0. The Labute approximate surface area is 130 Å². The Morgan fingerprint density at radius 2 is 1.59 bits per heavy atom. The number of benzene rings is 2.